The van der Waals surface area contributed by atoms with Gasteiger partial charge in [0, 0.05) is 35.0 Å². The highest BCUT2D eigenvalue weighted by Crippen LogP contribution is 2.35. The second-order valence-electron chi connectivity index (χ2n) is 9.12. The third-order valence-electron chi connectivity index (χ3n) is 6.17. The van der Waals surface area contributed by atoms with Gasteiger partial charge in [0.25, 0.3) is 5.91 Å². The number of nitrogens with two attached hydrogens (primary N) is 2. The molecule has 0 aromatic heterocycles. The first-order chi connectivity index (χ1) is 18.7. The van der Waals surface area contributed by atoms with Crippen LogP contribution < -0.4 is 16.8 Å². The van der Waals surface area contributed by atoms with Crippen molar-refractivity contribution < 1.29 is 32.3 Å². The Morgan fingerprint density at radius 2 is 1.85 bits per heavy atom. The Morgan fingerprint density at radius 3 is 2.45 bits per heavy atom. The zero-order valence-electron chi connectivity index (χ0n) is 21.1. The maximum atomic E-state index is 15.2. The number of amides is 3. The number of hydrogen-bond donors (Lipinski definition) is 5. The molecule has 1 aliphatic rings. The van der Waals surface area contributed by atoms with Crippen LogP contribution in [0.25, 0.3) is 0 Å². The van der Waals surface area contributed by atoms with Gasteiger partial charge in [0.1, 0.15) is 11.6 Å². The summed E-state index contributed by atoms with van der Waals surface area (Å²) in [5.74, 6) is -1.82. The van der Waals surface area contributed by atoms with E-state index in [1.165, 1.54) is 30.3 Å². The maximum Gasteiger partial charge on any atom is 0.390 e. The summed E-state index contributed by atoms with van der Waals surface area (Å²) in [6.07, 6.45) is -6.80. The summed E-state index contributed by atoms with van der Waals surface area (Å²) in [5.41, 5.74) is 10.0. The fraction of sp³-hybridized carbons (Fsp3) is 0.308. The number of carbonyl (C=O) groups is 2. The van der Waals surface area contributed by atoms with Crippen LogP contribution >= 0.6 is 11.6 Å². The van der Waals surface area contributed by atoms with Crippen LogP contribution in [0.2, 0.25) is 5.02 Å². The number of phenolic OH excluding ortho intramolecular Hbond substituents is 1. The van der Waals surface area contributed by atoms with Crippen molar-refractivity contribution in [1.29, 1.82) is 5.41 Å². The first kappa shape index (κ1) is 30.4. The van der Waals surface area contributed by atoms with E-state index in [1.54, 1.807) is 18.2 Å². The van der Waals surface area contributed by atoms with E-state index in [0.29, 0.717) is 21.2 Å². The molecule has 0 radical (unpaired) electrons. The number of benzene rings is 2. The van der Waals surface area contributed by atoms with E-state index in [1.807, 2.05) is 0 Å². The second kappa shape index (κ2) is 12.4. The number of amidine groups is 1. The molecule has 40 heavy (non-hydrogen) atoms. The molecule has 0 aliphatic heterocycles. The van der Waals surface area contributed by atoms with Gasteiger partial charge in [-0.15, -0.1) is 0 Å². The van der Waals surface area contributed by atoms with E-state index < -0.39 is 49.0 Å². The molecule has 2 aromatic rings. The summed E-state index contributed by atoms with van der Waals surface area (Å²) in [7, 11) is 0. The highest BCUT2D eigenvalue weighted by molar-refractivity contribution is 6.30. The van der Waals surface area contributed by atoms with Crippen LogP contribution in [0.5, 0.6) is 5.75 Å². The number of carbonyl (C=O) groups excluding carboxylic acids is 2. The second-order valence-corrected chi connectivity index (χ2v) is 9.56. The normalized spacial score (nSPS) is 19.7. The fourth-order valence-electron chi connectivity index (χ4n) is 3.99. The average Bonchev–Trinajstić information content (AvgIpc) is 2.87. The lowest BCUT2D eigenvalue weighted by atomic mass is 9.80. The number of allylic oxidation sites excluding steroid dienone is 1. The molecule has 0 spiro atoms. The summed E-state index contributed by atoms with van der Waals surface area (Å²) in [6.45, 7) is -1.22. The SMILES string of the molecule is N=C(c1ccc(O)cc1)N(CCC(F)(F)F)C(=O)NC/C(N)=C1\CCC(F)(C(N)=O)CC1=Nc1cccc(Cl)c1. The van der Waals surface area contributed by atoms with Gasteiger partial charge in [-0.1, -0.05) is 17.7 Å². The van der Waals surface area contributed by atoms with E-state index >= 15 is 4.39 Å². The van der Waals surface area contributed by atoms with Crippen molar-refractivity contribution in [2.75, 3.05) is 13.1 Å². The Bertz CT molecular complexity index is 1350. The van der Waals surface area contributed by atoms with Crippen LogP contribution in [0.4, 0.5) is 28.0 Å². The van der Waals surface area contributed by atoms with Gasteiger partial charge in [-0.3, -0.25) is 20.1 Å². The molecule has 1 fully saturated rings. The molecule has 14 heteroatoms. The molecule has 0 saturated heterocycles. The molecule has 1 atom stereocenters. The van der Waals surface area contributed by atoms with Gasteiger partial charge in [-0.05, 0) is 60.9 Å². The van der Waals surface area contributed by atoms with Crippen molar-refractivity contribution in [2.24, 2.45) is 16.5 Å². The molecule has 3 rings (SSSR count). The molecule has 2 aromatic carbocycles. The Hall–Kier alpha value is -4.13. The number of rotatable bonds is 7. The summed E-state index contributed by atoms with van der Waals surface area (Å²) in [6, 6.07) is 10.3. The van der Waals surface area contributed by atoms with Crippen LogP contribution in [-0.2, 0) is 4.79 Å². The van der Waals surface area contributed by atoms with Gasteiger partial charge >= 0.3 is 12.2 Å². The number of alkyl halides is 4. The van der Waals surface area contributed by atoms with E-state index in [-0.39, 0.29) is 42.1 Å². The largest absolute Gasteiger partial charge is 0.508 e. The molecular weight excluding hydrogens is 556 g/mol. The number of halogens is 5. The first-order valence-electron chi connectivity index (χ1n) is 12.0. The number of nitrogens with one attached hydrogen (secondary N) is 2. The van der Waals surface area contributed by atoms with Crippen LogP contribution in [0.3, 0.4) is 0 Å². The Morgan fingerprint density at radius 1 is 1.18 bits per heavy atom. The van der Waals surface area contributed by atoms with E-state index in [2.05, 4.69) is 10.3 Å². The highest BCUT2D eigenvalue weighted by Gasteiger charge is 2.43. The lowest BCUT2D eigenvalue weighted by Gasteiger charge is -2.30. The molecule has 1 unspecified atom stereocenters. The first-order valence-corrected chi connectivity index (χ1v) is 12.4. The topological polar surface area (TPSA) is 158 Å². The molecule has 7 N–H and O–H groups in total. The van der Waals surface area contributed by atoms with Crippen LogP contribution in [-0.4, -0.2) is 58.4 Å². The van der Waals surface area contributed by atoms with Gasteiger partial charge in [-0.2, -0.15) is 13.2 Å². The van der Waals surface area contributed by atoms with Gasteiger partial charge in [0.15, 0.2) is 5.67 Å². The Balaban J connectivity index is 1.86. The maximum absolute atomic E-state index is 15.2. The van der Waals surface area contributed by atoms with Crippen LogP contribution in [0.15, 0.2) is 64.8 Å². The van der Waals surface area contributed by atoms with Gasteiger partial charge < -0.3 is 21.9 Å². The number of aromatic hydroxyl groups is 1. The zero-order chi connectivity index (χ0) is 29.7. The standard InChI is InChI=1S/C26H27ClF4N6O3/c27-16-2-1-3-17(12-16)36-21-13-25(28,23(34)39)9-8-19(21)20(32)14-35-24(40)37(11-10-26(29,30)31)22(33)15-4-6-18(38)7-5-15/h1-7,12,33,38H,8-11,13-14,32H2,(H2,34,39)(H,35,40)/b20-19-,33-22?,36-21?. The molecule has 0 bridgehead atoms. The van der Waals surface area contributed by atoms with E-state index in [0.717, 1.165) is 0 Å². The summed E-state index contributed by atoms with van der Waals surface area (Å²) < 4.78 is 54.0. The average molecular weight is 583 g/mol. The number of hydrogen-bond acceptors (Lipinski definition) is 6. The minimum atomic E-state index is -4.60. The Labute approximate surface area is 232 Å². The van der Waals surface area contributed by atoms with E-state index in [9.17, 15) is 27.9 Å². The van der Waals surface area contributed by atoms with Crippen molar-refractivity contribution >= 4 is 40.8 Å². The lowest BCUT2D eigenvalue weighted by Crippen LogP contribution is -2.47. The van der Waals surface area contributed by atoms with Crippen molar-refractivity contribution in [2.45, 2.75) is 37.5 Å². The smallest absolute Gasteiger partial charge is 0.390 e. The monoisotopic (exact) mass is 582 g/mol. The minimum absolute atomic E-state index is 0.0348. The molecule has 3 amide bonds. The molecule has 214 valence electrons. The van der Waals surface area contributed by atoms with Crippen molar-refractivity contribution in [1.82, 2.24) is 10.2 Å². The van der Waals surface area contributed by atoms with Crippen molar-refractivity contribution in [3.05, 3.63) is 70.4 Å². The van der Waals surface area contributed by atoms with Gasteiger partial charge in [0.2, 0.25) is 0 Å². The lowest BCUT2D eigenvalue weighted by molar-refractivity contribution is -0.135. The summed E-state index contributed by atoms with van der Waals surface area (Å²) >= 11 is 6.01. The number of phenols is 1. The number of aliphatic imine (C=N–C) groups is 1. The minimum Gasteiger partial charge on any atom is -0.508 e. The van der Waals surface area contributed by atoms with Gasteiger partial charge in [0.05, 0.1) is 18.7 Å². The predicted octanol–water partition coefficient (Wildman–Crippen LogP) is 4.70. The molecule has 0 heterocycles. The van der Waals surface area contributed by atoms with Gasteiger partial charge in [-0.25, -0.2) is 9.18 Å². The number of nitrogens with zero attached hydrogens (tertiary/aromatic N) is 2. The van der Waals surface area contributed by atoms with Crippen LogP contribution in [0.1, 0.15) is 31.2 Å². The van der Waals surface area contributed by atoms with Crippen molar-refractivity contribution in [3.8, 4) is 5.75 Å². The molecular formula is C26H27ClF4N6O3. The van der Waals surface area contributed by atoms with E-state index in [4.69, 9.17) is 28.5 Å². The third kappa shape index (κ3) is 7.94. The third-order valence-corrected chi connectivity index (χ3v) is 6.41. The molecule has 1 aliphatic carbocycles. The zero-order valence-corrected chi connectivity index (χ0v) is 21.8. The molecule has 9 nitrogen and oxygen atoms in total. The number of urea groups is 1. The summed E-state index contributed by atoms with van der Waals surface area (Å²) in [5, 5.41) is 20.5. The Kier molecular flexibility index (Phi) is 9.40. The summed E-state index contributed by atoms with van der Waals surface area (Å²) in [4.78, 5) is 29.7. The fourth-order valence-corrected chi connectivity index (χ4v) is 4.18. The quantitative estimate of drug-likeness (QED) is 0.182. The highest BCUT2D eigenvalue weighted by atomic mass is 35.5. The predicted molar refractivity (Wildman–Crippen MR) is 142 cm³/mol. The molecule has 1 saturated carbocycles. The number of primary amides is 1. The van der Waals surface area contributed by atoms with Crippen molar-refractivity contribution in [3.63, 3.8) is 0 Å². The van der Waals surface area contributed by atoms with Crippen LogP contribution in [0, 0.1) is 5.41 Å².